The van der Waals surface area contributed by atoms with Gasteiger partial charge in [-0.05, 0) is 63.1 Å². The number of ether oxygens (including phenoxy) is 1. The highest BCUT2D eigenvalue weighted by atomic mass is 16.5. The van der Waals surface area contributed by atoms with E-state index in [1.165, 1.54) is 0 Å². The zero-order valence-corrected chi connectivity index (χ0v) is 20.4. The van der Waals surface area contributed by atoms with E-state index in [1.807, 2.05) is 66.3 Å². The van der Waals surface area contributed by atoms with E-state index in [1.54, 1.807) is 0 Å². The van der Waals surface area contributed by atoms with Crippen molar-refractivity contribution in [3.8, 4) is 11.4 Å². The summed E-state index contributed by atoms with van der Waals surface area (Å²) in [6.45, 7) is 6.46. The fourth-order valence-electron chi connectivity index (χ4n) is 4.96. The quantitative estimate of drug-likeness (QED) is 0.422. The van der Waals surface area contributed by atoms with Crippen molar-refractivity contribution in [3.05, 3.63) is 60.3 Å². The third-order valence-corrected chi connectivity index (χ3v) is 6.83. The van der Waals surface area contributed by atoms with Crippen LogP contribution in [-0.2, 0) is 11.3 Å². The van der Waals surface area contributed by atoms with Gasteiger partial charge < -0.3 is 20.3 Å². The van der Waals surface area contributed by atoms with E-state index in [2.05, 4.69) is 27.6 Å². The number of anilines is 3. The van der Waals surface area contributed by atoms with Crippen LogP contribution in [0.1, 0.15) is 25.3 Å². The molecule has 36 heavy (non-hydrogen) atoms. The molecule has 2 fully saturated rings. The summed E-state index contributed by atoms with van der Waals surface area (Å²) in [7, 11) is 0. The minimum atomic E-state index is -0.291. The van der Waals surface area contributed by atoms with E-state index in [-0.39, 0.29) is 18.2 Å². The van der Waals surface area contributed by atoms with E-state index in [0.29, 0.717) is 11.5 Å². The molecule has 9 heteroatoms. The SMILES string of the molecule is CCn1ncc2c(N3CC4CCC(C3)O4)nc(-c3ccc(NC(=O)Nc4ccc(C)cc4)cc3)nc21. The summed E-state index contributed by atoms with van der Waals surface area (Å²) in [5.74, 6) is 1.55. The van der Waals surface area contributed by atoms with Crippen molar-refractivity contribution in [2.24, 2.45) is 0 Å². The molecule has 0 saturated carbocycles. The minimum Gasteiger partial charge on any atom is -0.371 e. The second-order valence-corrected chi connectivity index (χ2v) is 9.45. The van der Waals surface area contributed by atoms with Gasteiger partial charge in [0.2, 0.25) is 0 Å². The molecule has 2 atom stereocenters. The lowest BCUT2D eigenvalue weighted by Crippen LogP contribution is -2.43. The maximum atomic E-state index is 12.4. The van der Waals surface area contributed by atoms with Crippen LogP contribution in [0.25, 0.3) is 22.4 Å². The van der Waals surface area contributed by atoms with Crippen LogP contribution in [0, 0.1) is 6.92 Å². The van der Waals surface area contributed by atoms with Gasteiger partial charge in [0.1, 0.15) is 5.82 Å². The molecule has 0 radical (unpaired) electrons. The van der Waals surface area contributed by atoms with Crippen molar-refractivity contribution in [2.45, 2.75) is 45.4 Å². The maximum Gasteiger partial charge on any atom is 0.323 e. The van der Waals surface area contributed by atoms with Gasteiger partial charge in [0.25, 0.3) is 0 Å². The number of nitrogens with one attached hydrogen (secondary N) is 2. The van der Waals surface area contributed by atoms with Crippen LogP contribution < -0.4 is 15.5 Å². The molecule has 2 aliphatic rings. The Morgan fingerprint density at radius 3 is 2.25 bits per heavy atom. The number of fused-ring (bicyclic) bond motifs is 3. The molecule has 184 valence electrons. The molecular weight excluding hydrogens is 454 g/mol. The van der Waals surface area contributed by atoms with Crippen LogP contribution in [0.4, 0.5) is 22.0 Å². The Morgan fingerprint density at radius 1 is 0.972 bits per heavy atom. The summed E-state index contributed by atoms with van der Waals surface area (Å²) in [6, 6.07) is 15.0. The van der Waals surface area contributed by atoms with Gasteiger partial charge in [0.05, 0.1) is 23.8 Å². The molecule has 0 spiro atoms. The molecule has 2 saturated heterocycles. The summed E-state index contributed by atoms with van der Waals surface area (Å²) in [5.41, 5.74) is 4.28. The predicted molar refractivity (Wildman–Crippen MR) is 140 cm³/mol. The Kier molecular flexibility index (Phi) is 5.77. The lowest BCUT2D eigenvalue weighted by atomic mass is 10.2. The number of aromatic nitrogens is 4. The number of rotatable bonds is 5. The zero-order valence-electron chi connectivity index (χ0n) is 20.4. The van der Waals surface area contributed by atoms with Crippen molar-refractivity contribution < 1.29 is 9.53 Å². The molecule has 4 aromatic rings. The first-order valence-corrected chi connectivity index (χ1v) is 12.4. The Balaban J connectivity index is 1.26. The molecule has 2 N–H and O–H groups in total. The van der Waals surface area contributed by atoms with Gasteiger partial charge >= 0.3 is 6.03 Å². The van der Waals surface area contributed by atoms with Crippen LogP contribution in [0.5, 0.6) is 0 Å². The summed E-state index contributed by atoms with van der Waals surface area (Å²) < 4.78 is 7.95. The number of nitrogens with zero attached hydrogens (tertiary/aromatic N) is 5. The molecular formula is C27H29N7O2. The van der Waals surface area contributed by atoms with E-state index < -0.39 is 0 Å². The second kappa shape index (κ2) is 9.23. The van der Waals surface area contributed by atoms with Gasteiger partial charge in [0, 0.05) is 36.6 Å². The van der Waals surface area contributed by atoms with Crippen molar-refractivity contribution in [2.75, 3.05) is 28.6 Å². The topological polar surface area (TPSA) is 97.2 Å². The molecule has 2 aliphatic heterocycles. The molecule has 2 bridgehead atoms. The lowest BCUT2D eigenvalue weighted by molar-refractivity contribution is 0.0303. The Bertz CT molecular complexity index is 1390. The van der Waals surface area contributed by atoms with Gasteiger partial charge in [0.15, 0.2) is 11.5 Å². The average molecular weight is 484 g/mol. The Labute approximate surface area is 209 Å². The number of urea groups is 1. The molecule has 2 amide bonds. The number of carbonyl (C=O) groups is 1. The zero-order chi connectivity index (χ0) is 24.6. The molecule has 2 aromatic heterocycles. The first kappa shape index (κ1) is 22.5. The first-order chi connectivity index (χ1) is 17.6. The van der Waals surface area contributed by atoms with Crippen molar-refractivity contribution in [3.63, 3.8) is 0 Å². The molecule has 4 heterocycles. The summed E-state index contributed by atoms with van der Waals surface area (Å²) in [5, 5.41) is 11.2. The van der Waals surface area contributed by atoms with Crippen LogP contribution >= 0.6 is 0 Å². The number of aryl methyl sites for hydroxylation is 2. The largest absolute Gasteiger partial charge is 0.371 e. The predicted octanol–water partition coefficient (Wildman–Crippen LogP) is 4.83. The van der Waals surface area contributed by atoms with E-state index in [9.17, 15) is 4.79 Å². The molecule has 9 nitrogen and oxygen atoms in total. The summed E-state index contributed by atoms with van der Waals surface area (Å²) >= 11 is 0. The minimum absolute atomic E-state index is 0.259. The van der Waals surface area contributed by atoms with Crippen LogP contribution in [0.15, 0.2) is 54.7 Å². The van der Waals surface area contributed by atoms with Gasteiger partial charge in [-0.1, -0.05) is 17.7 Å². The highest BCUT2D eigenvalue weighted by Gasteiger charge is 2.35. The van der Waals surface area contributed by atoms with Gasteiger partial charge in [-0.15, -0.1) is 0 Å². The first-order valence-electron chi connectivity index (χ1n) is 12.4. The van der Waals surface area contributed by atoms with Gasteiger partial charge in [-0.2, -0.15) is 5.10 Å². The van der Waals surface area contributed by atoms with Crippen LogP contribution in [-0.4, -0.2) is 51.1 Å². The van der Waals surface area contributed by atoms with Gasteiger partial charge in [-0.3, -0.25) is 0 Å². The second-order valence-electron chi connectivity index (χ2n) is 9.45. The van der Waals surface area contributed by atoms with Crippen molar-refractivity contribution >= 4 is 34.3 Å². The number of hydrogen-bond donors (Lipinski definition) is 2. The third-order valence-electron chi connectivity index (χ3n) is 6.83. The third kappa shape index (κ3) is 4.37. The number of amides is 2. The van der Waals surface area contributed by atoms with Crippen molar-refractivity contribution in [1.82, 2.24) is 19.7 Å². The van der Waals surface area contributed by atoms with Crippen LogP contribution in [0.3, 0.4) is 0 Å². The molecule has 2 aromatic carbocycles. The van der Waals surface area contributed by atoms with Gasteiger partial charge in [-0.25, -0.2) is 19.4 Å². The monoisotopic (exact) mass is 483 g/mol. The average Bonchev–Trinajstić information content (AvgIpc) is 3.46. The fraction of sp³-hybridized carbons (Fsp3) is 0.333. The molecule has 0 aliphatic carbocycles. The fourth-order valence-corrected chi connectivity index (χ4v) is 4.96. The Morgan fingerprint density at radius 2 is 1.61 bits per heavy atom. The number of hydrogen-bond acceptors (Lipinski definition) is 6. The number of benzene rings is 2. The van der Waals surface area contributed by atoms with E-state index >= 15 is 0 Å². The number of morpholine rings is 1. The molecule has 6 rings (SSSR count). The highest BCUT2D eigenvalue weighted by Crippen LogP contribution is 2.33. The lowest BCUT2D eigenvalue weighted by Gasteiger charge is -2.33. The van der Waals surface area contributed by atoms with Crippen LogP contribution in [0.2, 0.25) is 0 Å². The Hall–Kier alpha value is -3.98. The molecule has 2 unspecified atom stereocenters. The van der Waals surface area contributed by atoms with E-state index in [0.717, 1.165) is 66.1 Å². The highest BCUT2D eigenvalue weighted by molar-refractivity contribution is 5.99. The van der Waals surface area contributed by atoms with Crippen molar-refractivity contribution in [1.29, 1.82) is 0 Å². The number of carbonyl (C=O) groups excluding carboxylic acids is 1. The normalized spacial score (nSPS) is 19.0. The summed E-state index contributed by atoms with van der Waals surface area (Å²) in [4.78, 5) is 24.6. The standard InChI is InChI=1S/C27H29N7O2/c1-3-34-26-23(14-28-34)25(33-15-21-12-13-22(16-33)36-21)31-24(32-26)18-6-10-20(11-7-18)30-27(35)29-19-8-4-17(2)5-9-19/h4-11,14,21-22H,3,12-13,15-16H2,1-2H3,(H2,29,30,35). The summed E-state index contributed by atoms with van der Waals surface area (Å²) in [6.07, 6.45) is 4.59. The maximum absolute atomic E-state index is 12.4. The smallest absolute Gasteiger partial charge is 0.323 e. The van der Waals surface area contributed by atoms with E-state index in [4.69, 9.17) is 14.7 Å².